The maximum Gasteiger partial charge on any atom is 0.321 e. The van der Waals surface area contributed by atoms with E-state index in [1.54, 1.807) is 0 Å². The van der Waals surface area contributed by atoms with Crippen LogP contribution >= 0.6 is 0 Å². The largest absolute Gasteiger partial charge is 0.480 e. The van der Waals surface area contributed by atoms with Crippen LogP contribution in [0.3, 0.4) is 0 Å². The Kier molecular flexibility index (Phi) is 2.49. The standard InChI is InChI=1S/C8H15NO2/c1-3-9-5-4-6(2)7(9)8(10)11/h6-7H,3-5H2,1-2H3,(H,10,11). The predicted molar refractivity (Wildman–Crippen MR) is 42.5 cm³/mol. The van der Waals surface area contributed by atoms with E-state index in [0.717, 1.165) is 19.5 Å². The highest BCUT2D eigenvalue weighted by Crippen LogP contribution is 2.23. The van der Waals surface area contributed by atoms with E-state index in [0.29, 0.717) is 5.92 Å². The zero-order valence-corrected chi connectivity index (χ0v) is 7.08. The lowest BCUT2D eigenvalue weighted by Gasteiger charge is -2.20. The maximum atomic E-state index is 10.7. The highest BCUT2D eigenvalue weighted by Gasteiger charge is 2.35. The molecule has 3 nitrogen and oxygen atoms in total. The van der Waals surface area contributed by atoms with Crippen LogP contribution in [-0.4, -0.2) is 35.1 Å². The number of carboxylic acid groups (broad SMARTS) is 1. The van der Waals surface area contributed by atoms with Gasteiger partial charge in [-0.2, -0.15) is 0 Å². The molecular weight excluding hydrogens is 142 g/mol. The number of carbonyl (C=O) groups is 1. The molecule has 0 aromatic heterocycles. The van der Waals surface area contributed by atoms with Crippen molar-refractivity contribution in [3.05, 3.63) is 0 Å². The van der Waals surface area contributed by atoms with E-state index >= 15 is 0 Å². The molecule has 11 heavy (non-hydrogen) atoms. The Labute approximate surface area is 67.0 Å². The van der Waals surface area contributed by atoms with Crippen molar-refractivity contribution in [1.82, 2.24) is 4.90 Å². The van der Waals surface area contributed by atoms with E-state index in [1.807, 2.05) is 18.7 Å². The fourth-order valence-electron chi connectivity index (χ4n) is 1.78. The third-order valence-electron chi connectivity index (χ3n) is 2.46. The van der Waals surface area contributed by atoms with Crippen LogP contribution in [0.1, 0.15) is 20.3 Å². The van der Waals surface area contributed by atoms with Gasteiger partial charge in [0.1, 0.15) is 6.04 Å². The van der Waals surface area contributed by atoms with E-state index < -0.39 is 5.97 Å². The first-order valence-electron chi connectivity index (χ1n) is 4.13. The second kappa shape index (κ2) is 3.22. The lowest BCUT2D eigenvalue weighted by molar-refractivity contribution is -0.143. The second-order valence-electron chi connectivity index (χ2n) is 3.18. The summed E-state index contributed by atoms with van der Waals surface area (Å²) >= 11 is 0. The smallest absolute Gasteiger partial charge is 0.321 e. The molecule has 1 saturated heterocycles. The number of rotatable bonds is 2. The van der Waals surface area contributed by atoms with Crippen LogP contribution in [0.4, 0.5) is 0 Å². The molecule has 64 valence electrons. The third kappa shape index (κ3) is 1.53. The summed E-state index contributed by atoms with van der Waals surface area (Å²) in [7, 11) is 0. The summed E-state index contributed by atoms with van der Waals surface area (Å²) in [6.45, 7) is 5.80. The first kappa shape index (κ1) is 8.53. The molecule has 1 rings (SSSR count). The van der Waals surface area contributed by atoms with Crippen molar-refractivity contribution in [3.63, 3.8) is 0 Å². The molecule has 3 heteroatoms. The summed E-state index contributed by atoms with van der Waals surface area (Å²) in [6.07, 6.45) is 1.02. The van der Waals surface area contributed by atoms with Crippen LogP contribution < -0.4 is 0 Å². The minimum atomic E-state index is -0.670. The van der Waals surface area contributed by atoms with Gasteiger partial charge in [-0.3, -0.25) is 9.69 Å². The maximum absolute atomic E-state index is 10.7. The average Bonchev–Trinajstić information content (AvgIpc) is 2.30. The normalized spacial score (nSPS) is 32.5. The van der Waals surface area contributed by atoms with Crippen LogP contribution in [-0.2, 0) is 4.79 Å². The lowest BCUT2D eigenvalue weighted by Crippen LogP contribution is -2.38. The van der Waals surface area contributed by atoms with Gasteiger partial charge in [0.25, 0.3) is 0 Å². The van der Waals surface area contributed by atoms with Crippen LogP contribution in [0.2, 0.25) is 0 Å². The molecule has 1 heterocycles. The molecule has 0 spiro atoms. The molecule has 1 fully saturated rings. The van der Waals surface area contributed by atoms with E-state index in [2.05, 4.69) is 0 Å². The molecule has 0 radical (unpaired) electrons. The number of aliphatic carboxylic acids is 1. The molecule has 2 unspecified atom stereocenters. The predicted octanol–water partition coefficient (Wildman–Crippen LogP) is 0.801. The number of hydrogen-bond acceptors (Lipinski definition) is 2. The van der Waals surface area contributed by atoms with Gasteiger partial charge in [-0.1, -0.05) is 13.8 Å². The summed E-state index contributed by atoms with van der Waals surface area (Å²) in [4.78, 5) is 12.8. The van der Waals surface area contributed by atoms with Gasteiger partial charge < -0.3 is 5.11 Å². The minimum Gasteiger partial charge on any atom is -0.480 e. The Morgan fingerprint density at radius 1 is 1.73 bits per heavy atom. The fraction of sp³-hybridized carbons (Fsp3) is 0.875. The molecule has 2 atom stereocenters. The summed E-state index contributed by atoms with van der Waals surface area (Å²) < 4.78 is 0. The van der Waals surface area contributed by atoms with E-state index in [1.165, 1.54) is 0 Å². The van der Waals surface area contributed by atoms with Crippen molar-refractivity contribution in [3.8, 4) is 0 Å². The van der Waals surface area contributed by atoms with Gasteiger partial charge in [0.05, 0.1) is 0 Å². The van der Waals surface area contributed by atoms with Gasteiger partial charge >= 0.3 is 5.97 Å². The highest BCUT2D eigenvalue weighted by atomic mass is 16.4. The van der Waals surface area contributed by atoms with Crippen molar-refractivity contribution in [2.45, 2.75) is 26.3 Å². The quantitative estimate of drug-likeness (QED) is 0.644. The van der Waals surface area contributed by atoms with Crippen molar-refractivity contribution in [1.29, 1.82) is 0 Å². The fourth-order valence-corrected chi connectivity index (χ4v) is 1.78. The Morgan fingerprint density at radius 3 is 2.73 bits per heavy atom. The van der Waals surface area contributed by atoms with Crippen LogP contribution in [0.15, 0.2) is 0 Å². The van der Waals surface area contributed by atoms with E-state index in [4.69, 9.17) is 5.11 Å². The molecule has 0 aromatic carbocycles. The highest BCUT2D eigenvalue weighted by molar-refractivity contribution is 5.74. The SMILES string of the molecule is CCN1CCC(C)C1C(=O)O. The Morgan fingerprint density at radius 2 is 2.36 bits per heavy atom. The Bertz CT molecular complexity index is 158. The molecule has 1 N–H and O–H groups in total. The van der Waals surface area contributed by atoms with Crippen molar-refractivity contribution in [2.24, 2.45) is 5.92 Å². The van der Waals surface area contributed by atoms with Crippen LogP contribution in [0.25, 0.3) is 0 Å². The van der Waals surface area contributed by atoms with Gasteiger partial charge in [-0.25, -0.2) is 0 Å². The van der Waals surface area contributed by atoms with Crippen molar-refractivity contribution >= 4 is 5.97 Å². The molecule has 1 aliphatic rings. The summed E-state index contributed by atoms with van der Waals surface area (Å²) in [6, 6.07) is -0.236. The molecule has 0 amide bonds. The average molecular weight is 157 g/mol. The van der Waals surface area contributed by atoms with E-state index in [-0.39, 0.29) is 6.04 Å². The molecule has 0 aromatic rings. The zero-order chi connectivity index (χ0) is 8.43. The summed E-state index contributed by atoms with van der Waals surface area (Å²) in [5.74, 6) is -0.357. The summed E-state index contributed by atoms with van der Waals surface area (Å²) in [5.41, 5.74) is 0. The van der Waals surface area contributed by atoms with E-state index in [9.17, 15) is 4.79 Å². The van der Waals surface area contributed by atoms with Crippen LogP contribution in [0.5, 0.6) is 0 Å². The number of nitrogens with zero attached hydrogens (tertiary/aromatic N) is 1. The monoisotopic (exact) mass is 157 g/mol. The topological polar surface area (TPSA) is 40.5 Å². The number of likely N-dealkylation sites (tertiary alicyclic amines) is 1. The minimum absolute atomic E-state index is 0.236. The lowest BCUT2D eigenvalue weighted by atomic mass is 10.0. The molecule has 0 aliphatic carbocycles. The van der Waals surface area contributed by atoms with Crippen LogP contribution in [0, 0.1) is 5.92 Å². The molecule has 1 aliphatic heterocycles. The Hall–Kier alpha value is -0.570. The first-order chi connectivity index (χ1) is 5.16. The van der Waals surface area contributed by atoms with Crippen molar-refractivity contribution in [2.75, 3.05) is 13.1 Å². The summed E-state index contributed by atoms with van der Waals surface area (Å²) in [5, 5.41) is 8.84. The molecule has 0 saturated carbocycles. The van der Waals surface area contributed by atoms with Crippen molar-refractivity contribution < 1.29 is 9.90 Å². The van der Waals surface area contributed by atoms with Gasteiger partial charge in [0.15, 0.2) is 0 Å². The van der Waals surface area contributed by atoms with Gasteiger partial charge in [-0.05, 0) is 25.4 Å². The number of carboxylic acids is 1. The number of likely N-dealkylation sites (N-methyl/N-ethyl adjacent to an activating group) is 1. The number of hydrogen-bond donors (Lipinski definition) is 1. The third-order valence-corrected chi connectivity index (χ3v) is 2.46. The van der Waals surface area contributed by atoms with Gasteiger partial charge in [-0.15, -0.1) is 0 Å². The van der Waals surface area contributed by atoms with Gasteiger partial charge in [0, 0.05) is 0 Å². The Balaban J connectivity index is 2.63. The van der Waals surface area contributed by atoms with Gasteiger partial charge in [0.2, 0.25) is 0 Å². The second-order valence-corrected chi connectivity index (χ2v) is 3.18. The molecular formula is C8H15NO2. The molecule has 0 bridgehead atoms. The first-order valence-corrected chi connectivity index (χ1v) is 4.13. The zero-order valence-electron chi connectivity index (χ0n) is 7.08.